The van der Waals surface area contributed by atoms with Crippen molar-refractivity contribution in [3.8, 4) is 0 Å². The van der Waals surface area contributed by atoms with Gasteiger partial charge in [0.15, 0.2) is 0 Å². The van der Waals surface area contributed by atoms with Crippen molar-refractivity contribution in [3.05, 3.63) is 0 Å². The van der Waals surface area contributed by atoms with Crippen LogP contribution < -0.4 is 0 Å². The molecule has 11 heavy (non-hydrogen) atoms. The Morgan fingerprint density at radius 3 is 2.36 bits per heavy atom. The fourth-order valence-electron chi connectivity index (χ4n) is 1.86. The fourth-order valence-corrected chi connectivity index (χ4v) is 1.86. The van der Waals surface area contributed by atoms with E-state index in [0.29, 0.717) is 0 Å². The molecule has 1 fully saturated rings. The zero-order valence-corrected chi connectivity index (χ0v) is 7.29. The molecule has 1 aliphatic heterocycles. The molecule has 0 aromatic carbocycles. The van der Waals surface area contributed by atoms with Crippen molar-refractivity contribution in [1.82, 2.24) is 4.90 Å². The van der Waals surface area contributed by atoms with Gasteiger partial charge in [-0.25, -0.2) is 4.79 Å². The van der Waals surface area contributed by atoms with E-state index in [1.807, 2.05) is 20.8 Å². The molecule has 1 heterocycles. The van der Waals surface area contributed by atoms with E-state index in [2.05, 4.69) is 0 Å². The fraction of sp³-hybridized carbons (Fsp3) is 0.875. The lowest BCUT2D eigenvalue weighted by molar-refractivity contribution is 0.1000. The van der Waals surface area contributed by atoms with Crippen molar-refractivity contribution in [2.75, 3.05) is 0 Å². The highest BCUT2D eigenvalue weighted by Crippen LogP contribution is 2.32. The standard InChI is InChI=1S/C8H15NO2/c1-6-4-5-8(2,3)9(6)7(10)11/h6H,4-5H2,1-3H3,(H,10,11). The van der Waals surface area contributed by atoms with Crippen LogP contribution in [0.15, 0.2) is 0 Å². The highest BCUT2D eigenvalue weighted by molar-refractivity contribution is 5.67. The van der Waals surface area contributed by atoms with Gasteiger partial charge in [0.1, 0.15) is 0 Å². The lowest BCUT2D eigenvalue weighted by Gasteiger charge is -2.31. The zero-order chi connectivity index (χ0) is 8.65. The molecule has 1 unspecified atom stereocenters. The molecule has 64 valence electrons. The zero-order valence-electron chi connectivity index (χ0n) is 7.29. The van der Waals surface area contributed by atoms with Crippen molar-refractivity contribution in [3.63, 3.8) is 0 Å². The molecule has 0 aromatic heterocycles. The monoisotopic (exact) mass is 157 g/mol. The molecule has 0 bridgehead atoms. The molecule has 0 spiro atoms. The number of nitrogens with zero attached hydrogens (tertiary/aromatic N) is 1. The van der Waals surface area contributed by atoms with Gasteiger partial charge in [0.25, 0.3) is 0 Å². The molecule has 3 heteroatoms. The first-order valence-corrected chi connectivity index (χ1v) is 3.97. The smallest absolute Gasteiger partial charge is 0.407 e. The van der Waals surface area contributed by atoms with E-state index < -0.39 is 6.09 Å². The van der Waals surface area contributed by atoms with Crippen LogP contribution in [0.1, 0.15) is 33.6 Å². The molecule has 1 aliphatic rings. The quantitative estimate of drug-likeness (QED) is 0.583. The Morgan fingerprint density at radius 2 is 2.18 bits per heavy atom. The van der Waals surface area contributed by atoms with Crippen LogP contribution in [0.5, 0.6) is 0 Å². The maximum absolute atomic E-state index is 10.8. The Bertz CT molecular complexity index is 177. The van der Waals surface area contributed by atoms with E-state index in [-0.39, 0.29) is 11.6 Å². The van der Waals surface area contributed by atoms with Gasteiger partial charge in [-0.1, -0.05) is 0 Å². The molecule has 0 saturated carbocycles. The van der Waals surface area contributed by atoms with E-state index in [0.717, 1.165) is 12.8 Å². The van der Waals surface area contributed by atoms with Gasteiger partial charge in [-0.15, -0.1) is 0 Å². The highest BCUT2D eigenvalue weighted by atomic mass is 16.4. The average Bonchev–Trinajstić information content (AvgIpc) is 2.06. The number of likely N-dealkylation sites (tertiary alicyclic amines) is 1. The predicted molar refractivity (Wildman–Crippen MR) is 42.6 cm³/mol. The summed E-state index contributed by atoms with van der Waals surface area (Å²) in [7, 11) is 0. The number of hydrogen-bond donors (Lipinski definition) is 1. The minimum Gasteiger partial charge on any atom is -0.465 e. The molecule has 1 atom stereocenters. The summed E-state index contributed by atoms with van der Waals surface area (Å²) in [4.78, 5) is 12.3. The number of rotatable bonds is 0. The first kappa shape index (κ1) is 8.37. The molecule has 0 aromatic rings. The second kappa shape index (κ2) is 2.40. The predicted octanol–water partition coefficient (Wildman–Crippen LogP) is 1.93. The van der Waals surface area contributed by atoms with Gasteiger partial charge in [0.2, 0.25) is 0 Å². The second-order valence-electron chi connectivity index (χ2n) is 3.85. The third-order valence-corrected chi connectivity index (χ3v) is 2.47. The van der Waals surface area contributed by atoms with Crippen LogP contribution >= 0.6 is 0 Å². The van der Waals surface area contributed by atoms with Gasteiger partial charge in [0.05, 0.1) is 0 Å². The number of carbonyl (C=O) groups is 1. The number of amides is 1. The van der Waals surface area contributed by atoms with Gasteiger partial charge in [-0.05, 0) is 33.6 Å². The summed E-state index contributed by atoms with van der Waals surface area (Å²) >= 11 is 0. The lowest BCUT2D eigenvalue weighted by atomic mass is 10.0. The summed E-state index contributed by atoms with van der Waals surface area (Å²) in [5, 5.41) is 8.85. The summed E-state index contributed by atoms with van der Waals surface area (Å²) in [6.45, 7) is 5.91. The molecular weight excluding hydrogens is 142 g/mol. The Kier molecular flexibility index (Phi) is 1.82. The first-order chi connectivity index (χ1) is 4.95. The molecule has 1 saturated heterocycles. The van der Waals surface area contributed by atoms with Crippen molar-refractivity contribution < 1.29 is 9.90 Å². The SMILES string of the molecule is CC1CCC(C)(C)N1C(=O)O. The molecule has 3 nitrogen and oxygen atoms in total. The van der Waals surface area contributed by atoms with Crippen LogP contribution in [0.4, 0.5) is 4.79 Å². The Hall–Kier alpha value is -0.730. The van der Waals surface area contributed by atoms with E-state index >= 15 is 0 Å². The van der Waals surface area contributed by atoms with Crippen LogP contribution in [0.3, 0.4) is 0 Å². The molecule has 1 N–H and O–H groups in total. The van der Waals surface area contributed by atoms with Crippen LogP contribution in [0.2, 0.25) is 0 Å². The third-order valence-electron chi connectivity index (χ3n) is 2.47. The second-order valence-corrected chi connectivity index (χ2v) is 3.85. The maximum atomic E-state index is 10.8. The highest BCUT2D eigenvalue weighted by Gasteiger charge is 2.40. The van der Waals surface area contributed by atoms with Gasteiger partial charge in [0, 0.05) is 11.6 Å². The number of hydrogen-bond acceptors (Lipinski definition) is 1. The van der Waals surface area contributed by atoms with E-state index in [1.165, 1.54) is 0 Å². The van der Waals surface area contributed by atoms with Crippen molar-refractivity contribution in [2.45, 2.75) is 45.2 Å². The third kappa shape index (κ3) is 1.32. The molecule has 1 rings (SSSR count). The number of carboxylic acid groups (broad SMARTS) is 1. The lowest BCUT2D eigenvalue weighted by Crippen LogP contribution is -2.45. The summed E-state index contributed by atoms with van der Waals surface area (Å²) < 4.78 is 0. The minimum atomic E-state index is -0.792. The van der Waals surface area contributed by atoms with Gasteiger partial charge in [-0.3, -0.25) is 0 Å². The molecular formula is C8H15NO2. The van der Waals surface area contributed by atoms with E-state index in [4.69, 9.17) is 5.11 Å². The average molecular weight is 157 g/mol. The summed E-state index contributed by atoms with van der Waals surface area (Å²) in [6.07, 6.45) is 1.17. The topological polar surface area (TPSA) is 40.5 Å². The van der Waals surface area contributed by atoms with Crippen LogP contribution in [-0.2, 0) is 0 Å². The van der Waals surface area contributed by atoms with Crippen molar-refractivity contribution in [2.24, 2.45) is 0 Å². The summed E-state index contributed by atoms with van der Waals surface area (Å²) in [5.41, 5.74) is -0.161. The maximum Gasteiger partial charge on any atom is 0.407 e. The Balaban J connectivity index is 2.80. The van der Waals surface area contributed by atoms with Crippen LogP contribution in [0, 0.1) is 0 Å². The van der Waals surface area contributed by atoms with Crippen LogP contribution in [-0.4, -0.2) is 27.7 Å². The summed E-state index contributed by atoms with van der Waals surface area (Å²) in [6, 6.07) is 0.183. The van der Waals surface area contributed by atoms with E-state index in [9.17, 15) is 4.79 Å². The first-order valence-electron chi connectivity index (χ1n) is 3.97. The Labute approximate surface area is 67.0 Å². The van der Waals surface area contributed by atoms with Crippen LogP contribution in [0.25, 0.3) is 0 Å². The van der Waals surface area contributed by atoms with Gasteiger partial charge in [-0.2, -0.15) is 0 Å². The van der Waals surface area contributed by atoms with Gasteiger partial charge < -0.3 is 10.0 Å². The minimum absolute atomic E-state index is 0.161. The molecule has 0 aliphatic carbocycles. The molecule has 1 amide bonds. The summed E-state index contributed by atoms with van der Waals surface area (Å²) in [5.74, 6) is 0. The van der Waals surface area contributed by atoms with Gasteiger partial charge >= 0.3 is 6.09 Å². The normalized spacial score (nSPS) is 29.0. The van der Waals surface area contributed by atoms with E-state index in [1.54, 1.807) is 4.90 Å². The van der Waals surface area contributed by atoms with Crippen molar-refractivity contribution >= 4 is 6.09 Å². The molecule has 0 radical (unpaired) electrons. The van der Waals surface area contributed by atoms with Crippen molar-refractivity contribution in [1.29, 1.82) is 0 Å². The Morgan fingerprint density at radius 1 is 1.64 bits per heavy atom. The largest absolute Gasteiger partial charge is 0.465 e.